The number of hydrogen-bond acceptors (Lipinski definition) is 6. The number of unbranched alkanes of at least 4 members (excludes halogenated alkanes) is 21. The molecule has 0 aromatic carbocycles. The smallest absolute Gasteiger partial charge is 0.391 e. The first-order chi connectivity index (χ1) is 30.9. The Morgan fingerprint density at radius 2 is 0.905 bits per heavy atom. The molecule has 8 nitrogen and oxygen atoms in total. The molecular weight excluding hydrogens is 804 g/mol. The number of hydrogen-bond donors (Lipinski definition) is 4. The summed E-state index contributed by atoms with van der Waals surface area (Å²) in [5, 5.41) is 13.8. The maximum absolute atomic E-state index is 12.8. The summed E-state index contributed by atoms with van der Waals surface area (Å²) in [6, 6.07) is -0.812. The number of carbonyl (C=O) groups excluding carboxylic acids is 1. The lowest BCUT2D eigenvalue weighted by Crippen LogP contribution is -2.46. The van der Waals surface area contributed by atoms with Gasteiger partial charge in [-0.05, 0) is 64.2 Å². The van der Waals surface area contributed by atoms with Gasteiger partial charge in [0.1, 0.15) is 0 Å². The molecule has 5 N–H and O–H groups in total. The second-order valence-corrected chi connectivity index (χ2v) is 18.5. The summed E-state index contributed by atoms with van der Waals surface area (Å²) in [4.78, 5) is 22.8. The fraction of sp³-hybridized carbons (Fsp3) is 0.722. The van der Waals surface area contributed by atoms with Crippen LogP contribution >= 0.6 is 7.82 Å². The van der Waals surface area contributed by atoms with Gasteiger partial charge in [0.15, 0.2) is 0 Å². The van der Waals surface area contributed by atoms with Crippen molar-refractivity contribution in [3.63, 3.8) is 0 Å². The number of nitrogens with two attached hydrogens (primary N) is 1. The third kappa shape index (κ3) is 47.5. The van der Waals surface area contributed by atoms with Crippen molar-refractivity contribution in [3.05, 3.63) is 85.1 Å². The quantitative estimate of drug-likeness (QED) is 0.0272. The monoisotopic (exact) mass is 901 g/mol. The highest BCUT2D eigenvalue weighted by molar-refractivity contribution is 7.47. The van der Waals surface area contributed by atoms with Crippen LogP contribution in [0.15, 0.2) is 85.1 Å². The lowest BCUT2D eigenvalue weighted by molar-refractivity contribution is -0.123. The Labute approximate surface area is 388 Å². The van der Waals surface area contributed by atoms with Crippen LogP contribution in [-0.4, -0.2) is 47.8 Å². The molecular formula is C54H97N2O6P. The highest BCUT2D eigenvalue weighted by Gasteiger charge is 2.27. The van der Waals surface area contributed by atoms with Gasteiger partial charge in [-0.2, -0.15) is 0 Å². The second kappa shape index (κ2) is 49.1. The largest absolute Gasteiger partial charge is 0.472 e. The van der Waals surface area contributed by atoms with Gasteiger partial charge in [0.25, 0.3) is 0 Å². The van der Waals surface area contributed by atoms with Crippen molar-refractivity contribution in [1.82, 2.24) is 5.32 Å². The van der Waals surface area contributed by atoms with E-state index in [1.807, 2.05) is 0 Å². The Bertz CT molecular complexity index is 1260. The average molecular weight is 901 g/mol. The van der Waals surface area contributed by atoms with Crippen molar-refractivity contribution in [2.24, 2.45) is 5.73 Å². The van der Waals surface area contributed by atoms with Crippen molar-refractivity contribution >= 4 is 13.7 Å². The van der Waals surface area contributed by atoms with Gasteiger partial charge in [-0.25, -0.2) is 4.57 Å². The molecule has 0 spiro atoms. The van der Waals surface area contributed by atoms with Gasteiger partial charge in [0.2, 0.25) is 5.91 Å². The summed E-state index contributed by atoms with van der Waals surface area (Å²) in [7, 11) is -4.34. The van der Waals surface area contributed by atoms with Gasteiger partial charge < -0.3 is 21.1 Å². The molecule has 0 fully saturated rings. The molecule has 0 bridgehead atoms. The molecule has 3 unspecified atom stereocenters. The SMILES string of the molecule is CC/C=C\C/C=C\C/C=C\C/C=C\C/C=C\C/C=C\C/C=C\CCCC(=O)NC(COP(=O)(O)OCCN)C(O)CCCCCCCCCCCCCCCCCCCCCCC. The summed E-state index contributed by atoms with van der Waals surface area (Å²) < 4.78 is 22.3. The van der Waals surface area contributed by atoms with Crippen LogP contribution in [0.3, 0.4) is 0 Å². The van der Waals surface area contributed by atoms with E-state index >= 15 is 0 Å². The Morgan fingerprint density at radius 3 is 1.29 bits per heavy atom. The summed E-state index contributed by atoms with van der Waals surface area (Å²) >= 11 is 0. The van der Waals surface area contributed by atoms with Crippen molar-refractivity contribution in [3.8, 4) is 0 Å². The molecule has 1 amide bonds. The van der Waals surface area contributed by atoms with Gasteiger partial charge in [-0.3, -0.25) is 13.8 Å². The molecule has 0 saturated heterocycles. The number of amides is 1. The van der Waals surface area contributed by atoms with E-state index in [1.165, 1.54) is 116 Å². The van der Waals surface area contributed by atoms with Crippen molar-refractivity contribution < 1.29 is 28.4 Å². The molecule has 0 aromatic rings. The summed E-state index contributed by atoms with van der Waals surface area (Å²) in [5.41, 5.74) is 5.40. The van der Waals surface area contributed by atoms with Gasteiger partial charge in [-0.1, -0.05) is 234 Å². The molecule has 0 aliphatic heterocycles. The predicted octanol–water partition coefficient (Wildman–Crippen LogP) is 15.3. The van der Waals surface area contributed by atoms with E-state index in [-0.39, 0.29) is 32.1 Å². The Hall–Kier alpha value is -2.32. The number of aliphatic hydroxyl groups excluding tert-OH is 1. The van der Waals surface area contributed by atoms with Crippen LogP contribution in [0.5, 0.6) is 0 Å². The number of phosphoric ester groups is 1. The van der Waals surface area contributed by atoms with Crippen LogP contribution < -0.4 is 11.1 Å². The zero-order valence-electron chi connectivity index (χ0n) is 40.5. The number of aliphatic hydroxyl groups is 1. The highest BCUT2D eigenvalue weighted by Crippen LogP contribution is 2.43. The molecule has 3 atom stereocenters. The van der Waals surface area contributed by atoms with Crippen LogP contribution in [-0.2, 0) is 18.4 Å². The van der Waals surface area contributed by atoms with E-state index in [0.29, 0.717) is 12.8 Å². The normalized spacial score (nSPS) is 14.6. The minimum Gasteiger partial charge on any atom is -0.391 e. The van der Waals surface area contributed by atoms with Crippen LogP contribution in [0.2, 0.25) is 0 Å². The van der Waals surface area contributed by atoms with E-state index in [2.05, 4.69) is 104 Å². The Kier molecular flexibility index (Phi) is 47.3. The van der Waals surface area contributed by atoms with E-state index in [1.54, 1.807) is 0 Å². The van der Waals surface area contributed by atoms with Crippen LogP contribution in [0.4, 0.5) is 0 Å². The minimum absolute atomic E-state index is 0.0754. The fourth-order valence-electron chi connectivity index (χ4n) is 7.19. The number of allylic oxidation sites excluding steroid dienone is 14. The topological polar surface area (TPSA) is 131 Å². The lowest BCUT2D eigenvalue weighted by Gasteiger charge is -2.25. The first-order valence-corrected chi connectivity index (χ1v) is 27.2. The predicted molar refractivity (Wildman–Crippen MR) is 272 cm³/mol. The molecule has 0 aliphatic carbocycles. The van der Waals surface area contributed by atoms with E-state index < -0.39 is 20.0 Å². The second-order valence-electron chi connectivity index (χ2n) is 17.0. The molecule has 0 radical (unpaired) electrons. The molecule has 0 aromatic heterocycles. The molecule has 0 heterocycles. The van der Waals surface area contributed by atoms with E-state index in [0.717, 1.165) is 70.6 Å². The van der Waals surface area contributed by atoms with Crippen LogP contribution in [0, 0.1) is 0 Å². The molecule has 0 rings (SSSR count). The molecule has 0 saturated carbocycles. The number of phosphoric acid groups is 1. The van der Waals surface area contributed by atoms with Crippen molar-refractivity contribution in [1.29, 1.82) is 0 Å². The lowest BCUT2D eigenvalue weighted by atomic mass is 10.0. The maximum Gasteiger partial charge on any atom is 0.472 e. The van der Waals surface area contributed by atoms with Gasteiger partial charge in [-0.15, -0.1) is 0 Å². The summed E-state index contributed by atoms with van der Waals surface area (Å²) in [6.45, 7) is 4.06. The van der Waals surface area contributed by atoms with Crippen molar-refractivity contribution in [2.75, 3.05) is 19.8 Å². The molecule has 9 heteroatoms. The van der Waals surface area contributed by atoms with Gasteiger partial charge in [0.05, 0.1) is 25.4 Å². The first kappa shape index (κ1) is 60.7. The Morgan fingerprint density at radius 1 is 0.540 bits per heavy atom. The fourth-order valence-corrected chi connectivity index (χ4v) is 7.95. The van der Waals surface area contributed by atoms with E-state index in [4.69, 9.17) is 14.8 Å². The zero-order chi connectivity index (χ0) is 46.0. The van der Waals surface area contributed by atoms with Crippen LogP contribution in [0.25, 0.3) is 0 Å². The standard InChI is InChI=1S/C54H97N2O6P/c1-3-5-7-9-11-13-15-17-19-21-23-25-26-28-30-32-34-36-38-40-42-44-46-48-54(58)56-52(51-62-63(59,60)61-50-49-55)53(57)47-45-43-41-39-37-35-33-31-29-27-24-22-20-18-16-14-12-10-8-6-4-2/h5,7,11,13,17,19,23,25,28,30,34,36,40,42,52-53,57H,3-4,6,8-10,12,14-16,18,20-22,24,26-27,29,31-33,35,37-39,41,43-51,55H2,1-2H3,(H,56,58)(H,59,60)/b7-5-,13-11-,19-17-,25-23-,30-28-,36-34-,42-40-. The third-order valence-electron chi connectivity index (χ3n) is 11.0. The number of rotatable bonds is 47. The third-order valence-corrected chi connectivity index (χ3v) is 12.0. The zero-order valence-corrected chi connectivity index (χ0v) is 41.4. The highest BCUT2D eigenvalue weighted by atomic mass is 31.2. The Balaban J connectivity index is 4.19. The van der Waals surface area contributed by atoms with Gasteiger partial charge in [0, 0.05) is 13.0 Å². The molecule has 0 aliphatic rings. The molecule has 364 valence electrons. The minimum atomic E-state index is -4.34. The molecule has 63 heavy (non-hydrogen) atoms. The maximum atomic E-state index is 12.8. The average Bonchev–Trinajstić information content (AvgIpc) is 3.27. The first-order valence-electron chi connectivity index (χ1n) is 25.7. The summed E-state index contributed by atoms with van der Waals surface area (Å²) in [6.07, 6.45) is 66.1. The van der Waals surface area contributed by atoms with Gasteiger partial charge >= 0.3 is 7.82 Å². The van der Waals surface area contributed by atoms with Crippen LogP contribution in [0.1, 0.15) is 219 Å². The number of carbonyl (C=O) groups is 1. The number of nitrogens with one attached hydrogen (secondary N) is 1. The van der Waals surface area contributed by atoms with E-state index in [9.17, 15) is 19.4 Å². The summed E-state index contributed by atoms with van der Waals surface area (Å²) in [5.74, 6) is -0.220. The van der Waals surface area contributed by atoms with Crippen molar-refractivity contribution in [2.45, 2.75) is 231 Å².